The SMILES string of the molecule is CC(C)(C)[Si](C)(C)OC[C@H]1OC(S(=O)(=O)C2C3CC4CC(C3)CC2C4)[C@H](OCc2ccccc2)[C@@H](OCc2ccccc2)[C@@H]1OCc1ccccc1. The maximum atomic E-state index is 15.4. The fraction of sp³-hybridized carbons (Fsp3) is 0.581. The second-order valence-corrected chi connectivity index (χ2v) is 24.4. The molecule has 5 atom stereocenters. The van der Waals surface area contributed by atoms with Crippen molar-refractivity contribution in [3.8, 4) is 0 Å². The van der Waals surface area contributed by atoms with E-state index in [2.05, 4.69) is 33.9 Å². The molecule has 0 aromatic heterocycles. The molecule has 1 unspecified atom stereocenters. The number of hydrogen-bond donors (Lipinski definition) is 0. The topological polar surface area (TPSA) is 80.3 Å². The minimum Gasteiger partial charge on any atom is -0.414 e. The van der Waals surface area contributed by atoms with E-state index >= 15 is 8.42 Å². The lowest BCUT2D eigenvalue weighted by Crippen LogP contribution is -2.66. The monoisotopic (exact) mass is 746 g/mol. The summed E-state index contributed by atoms with van der Waals surface area (Å²) >= 11 is 0. The molecule has 5 aliphatic rings. The highest BCUT2D eigenvalue weighted by molar-refractivity contribution is 7.92. The molecule has 0 amide bonds. The van der Waals surface area contributed by atoms with Crippen molar-refractivity contribution in [2.45, 2.75) is 126 Å². The molecule has 9 heteroatoms. The summed E-state index contributed by atoms with van der Waals surface area (Å²) in [7, 11) is -6.10. The molecule has 8 rings (SSSR count). The maximum absolute atomic E-state index is 15.4. The van der Waals surface area contributed by atoms with Crippen molar-refractivity contribution in [2.24, 2.45) is 23.7 Å². The third-order valence-electron chi connectivity index (χ3n) is 12.7. The Labute approximate surface area is 312 Å². The van der Waals surface area contributed by atoms with E-state index < -0.39 is 53.3 Å². The van der Waals surface area contributed by atoms with E-state index in [1.807, 2.05) is 91.0 Å². The van der Waals surface area contributed by atoms with E-state index in [0.717, 1.165) is 42.4 Å². The van der Waals surface area contributed by atoms with Crippen molar-refractivity contribution >= 4 is 18.2 Å². The van der Waals surface area contributed by atoms with Gasteiger partial charge in [0, 0.05) is 0 Å². The quantitative estimate of drug-likeness (QED) is 0.153. The van der Waals surface area contributed by atoms with E-state index in [9.17, 15) is 0 Å². The van der Waals surface area contributed by atoms with Crippen molar-refractivity contribution in [1.29, 1.82) is 0 Å². The maximum Gasteiger partial charge on any atom is 0.192 e. The minimum atomic E-state index is -3.85. The number of benzene rings is 3. The second-order valence-electron chi connectivity index (χ2n) is 17.4. The van der Waals surface area contributed by atoms with Crippen LogP contribution in [0, 0.1) is 23.7 Å². The third-order valence-corrected chi connectivity index (χ3v) is 19.8. The van der Waals surface area contributed by atoms with Crippen LogP contribution in [-0.4, -0.2) is 58.4 Å². The highest BCUT2D eigenvalue weighted by Gasteiger charge is 2.60. The van der Waals surface area contributed by atoms with E-state index in [1.54, 1.807) is 0 Å². The smallest absolute Gasteiger partial charge is 0.192 e. The Morgan fingerprint density at radius 2 is 1.06 bits per heavy atom. The number of rotatable bonds is 14. The first-order valence-corrected chi connectivity index (χ1v) is 23.9. The lowest BCUT2D eigenvalue weighted by molar-refractivity contribution is -0.252. The van der Waals surface area contributed by atoms with Gasteiger partial charge in [0.2, 0.25) is 0 Å². The summed E-state index contributed by atoms with van der Waals surface area (Å²) in [6.07, 6.45) is 2.22. The van der Waals surface area contributed by atoms with E-state index in [-0.39, 0.29) is 36.7 Å². The van der Waals surface area contributed by atoms with Crippen molar-refractivity contribution in [3.63, 3.8) is 0 Å². The molecule has 4 saturated carbocycles. The Bertz CT molecular complexity index is 1670. The Hall–Kier alpha value is -2.37. The van der Waals surface area contributed by atoms with Crippen molar-refractivity contribution in [1.82, 2.24) is 0 Å². The molecule has 1 heterocycles. The Morgan fingerprint density at radius 1 is 0.635 bits per heavy atom. The molecule has 0 spiro atoms. The van der Waals surface area contributed by atoms with Crippen LogP contribution >= 0.6 is 0 Å². The van der Waals surface area contributed by atoms with E-state index in [4.69, 9.17) is 23.4 Å². The van der Waals surface area contributed by atoms with Gasteiger partial charge in [-0.3, -0.25) is 0 Å². The molecule has 4 aliphatic carbocycles. The van der Waals surface area contributed by atoms with Gasteiger partial charge in [0.25, 0.3) is 0 Å². The fourth-order valence-corrected chi connectivity index (χ4v) is 13.0. The Kier molecular flexibility index (Phi) is 11.5. The van der Waals surface area contributed by atoms with Crippen LogP contribution in [0.3, 0.4) is 0 Å². The summed E-state index contributed by atoms with van der Waals surface area (Å²) in [5.74, 6) is 1.62. The van der Waals surface area contributed by atoms with Gasteiger partial charge in [0.05, 0.1) is 31.7 Å². The van der Waals surface area contributed by atoms with Crippen LogP contribution in [-0.2, 0) is 53.0 Å². The van der Waals surface area contributed by atoms with Crippen LogP contribution in [0.4, 0.5) is 0 Å². The lowest BCUT2D eigenvalue weighted by atomic mass is 9.56. The molecule has 52 heavy (non-hydrogen) atoms. The van der Waals surface area contributed by atoms with Gasteiger partial charge in [-0.25, -0.2) is 8.42 Å². The van der Waals surface area contributed by atoms with Gasteiger partial charge in [0.1, 0.15) is 24.4 Å². The van der Waals surface area contributed by atoms with Gasteiger partial charge in [0.15, 0.2) is 23.6 Å². The van der Waals surface area contributed by atoms with Gasteiger partial charge < -0.3 is 23.4 Å². The van der Waals surface area contributed by atoms with Gasteiger partial charge in [-0.05, 0) is 90.6 Å². The van der Waals surface area contributed by atoms with Crippen molar-refractivity contribution < 1.29 is 31.8 Å². The summed E-state index contributed by atoms with van der Waals surface area (Å²) in [4.78, 5) is 0. The fourth-order valence-electron chi connectivity index (χ4n) is 9.22. The largest absolute Gasteiger partial charge is 0.414 e. The summed E-state index contributed by atoms with van der Waals surface area (Å²) in [6, 6.07) is 30.0. The predicted octanol–water partition coefficient (Wildman–Crippen LogP) is 8.73. The predicted molar refractivity (Wildman–Crippen MR) is 207 cm³/mol. The zero-order chi connectivity index (χ0) is 36.5. The first-order valence-electron chi connectivity index (χ1n) is 19.4. The third kappa shape index (κ3) is 8.31. The van der Waals surface area contributed by atoms with Gasteiger partial charge in [-0.15, -0.1) is 0 Å². The molecular weight excluding hydrogens is 689 g/mol. The molecule has 0 radical (unpaired) electrons. The molecule has 3 aromatic carbocycles. The Morgan fingerprint density at radius 3 is 1.50 bits per heavy atom. The zero-order valence-corrected chi connectivity index (χ0v) is 33.4. The van der Waals surface area contributed by atoms with Crippen molar-refractivity contribution in [2.75, 3.05) is 6.61 Å². The summed E-state index contributed by atoms with van der Waals surface area (Å²) in [5.41, 5.74) is 1.75. The molecule has 1 saturated heterocycles. The molecule has 1 aliphatic heterocycles. The van der Waals surface area contributed by atoms with Crippen LogP contribution in [0.15, 0.2) is 91.0 Å². The van der Waals surface area contributed by atoms with Gasteiger partial charge >= 0.3 is 0 Å². The first kappa shape index (κ1) is 37.9. The highest BCUT2D eigenvalue weighted by Crippen LogP contribution is 2.56. The van der Waals surface area contributed by atoms with Crippen LogP contribution in [0.1, 0.15) is 69.6 Å². The lowest BCUT2D eigenvalue weighted by Gasteiger charge is -2.55. The molecule has 3 aromatic rings. The molecule has 7 nitrogen and oxygen atoms in total. The minimum absolute atomic E-state index is 0.0432. The average molecular weight is 747 g/mol. The molecule has 282 valence electrons. The number of sulfone groups is 1. The number of ether oxygens (including phenoxy) is 4. The van der Waals surface area contributed by atoms with Crippen LogP contribution < -0.4 is 0 Å². The summed E-state index contributed by atoms with van der Waals surface area (Å²) in [6.45, 7) is 12.1. The van der Waals surface area contributed by atoms with Crippen molar-refractivity contribution in [3.05, 3.63) is 108 Å². The normalized spacial score (nSPS) is 31.9. The first-order chi connectivity index (χ1) is 24.9. The van der Waals surface area contributed by atoms with Gasteiger partial charge in [-0.2, -0.15) is 0 Å². The van der Waals surface area contributed by atoms with Crippen LogP contribution in [0.25, 0.3) is 0 Å². The van der Waals surface area contributed by atoms with E-state index in [0.29, 0.717) is 18.4 Å². The summed E-state index contributed by atoms with van der Waals surface area (Å²) in [5, 5.41) is -0.481. The highest BCUT2D eigenvalue weighted by atomic mass is 32.2. The molecule has 4 bridgehead atoms. The summed E-state index contributed by atoms with van der Waals surface area (Å²) < 4.78 is 65.1. The Balaban J connectivity index is 1.28. The number of hydrogen-bond acceptors (Lipinski definition) is 7. The molecular formula is C43H58O7SSi. The molecule has 5 fully saturated rings. The van der Waals surface area contributed by atoms with E-state index in [1.165, 1.54) is 6.42 Å². The van der Waals surface area contributed by atoms with Crippen LogP contribution in [0.2, 0.25) is 18.1 Å². The second kappa shape index (κ2) is 15.8. The molecule has 0 N–H and O–H groups in total. The van der Waals surface area contributed by atoms with Gasteiger partial charge in [-0.1, -0.05) is 112 Å². The average Bonchev–Trinajstić information content (AvgIpc) is 3.11. The zero-order valence-electron chi connectivity index (χ0n) is 31.6. The standard InChI is InChI=1S/C43H58O7SSi/c1-43(2,3)52(4,5)49-29-37-38(46-26-30-15-9-6-10-16-30)39(47-27-31-17-11-7-12-18-31)40(48-28-32-19-13-8-14-20-32)42(50-37)51(44,45)41-35-22-33-21-34(24-35)25-36(41)23-33/h6-20,33-42H,21-29H2,1-5H3/t33?,34?,35?,36?,37-,38-,39+,40-,41?,42?/m1/s1. The van der Waals surface area contributed by atoms with Crippen LogP contribution in [0.5, 0.6) is 0 Å².